The van der Waals surface area contributed by atoms with E-state index in [2.05, 4.69) is 5.32 Å². The van der Waals surface area contributed by atoms with E-state index in [4.69, 9.17) is 11.6 Å². The number of halogens is 1. The second-order valence-corrected chi connectivity index (χ2v) is 10.1. The van der Waals surface area contributed by atoms with Gasteiger partial charge in [0.15, 0.2) is 0 Å². The molecular formula is C20H29ClN2O3S. The number of hydrogen-bond donors (Lipinski definition) is 1. The molecule has 1 saturated heterocycles. The Bertz CT molecular complexity index is 739. The van der Waals surface area contributed by atoms with Crippen molar-refractivity contribution in [2.75, 3.05) is 19.6 Å². The van der Waals surface area contributed by atoms with Crippen molar-refractivity contribution in [1.82, 2.24) is 9.62 Å². The molecular weight excluding hydrogens is 384 g/mol. The molecule has 1 aliphatic heterocycles. The van der Waals surface area contributed by atoms with Crippen LogP contribution in [0.1, 0.15) is 50.5 Å². The van der Waals surface area contributed by atoms with Crippen molar-refractivity contribution in [3.8, 4) is 0 Å². The number of hydrogen-bond acceptors (Lipinski definition) is 3. The summed E-state index contributed by atoms with van der Waals surface area (Å²) < 4.78 is 26.9. The van der Waals surface area contributed by atoms with E-state index in [1.807, 2.05) is 0 Å². The number of piperidine rings is 1. The van der Waals surface area contributed by atoms with Crippen molar-refractivity contribution >= 4 is 27.5 Å². The van der Waals surface area contributed by atoms with Crippen molar-refractivity contribution in [1.29, 1.82) is 0 Å². The van der Waals surface area contributed by atoms with Crippen LogP contribution in [0.3, 0.4) is 0 Å². The molecule has 0 bridgehead atoms. The first-order valence-electron chi connectivity index (χ1n) is 9.94. The number of nitrogens with one attached hydrogen (secondary N) is 1. The molecule has 150 valence electrons. The van der Waals surface area contributed by atoms with Crippen LogP contribution in [0.15, 0.2) is 24.3 Å². The van der Waals surface area contributed by atoms with Gasteiger partial charge in [0.25, 0.3) is 0 Å². The average molecular weight is 413 g/mol. The lowest BCUT2D eigenvalue weighted by Gasteiger charge is -2.31. The molecule has 0 unspecified atom stereocenters. The fourth-order valence-corrected chi connectivity index (χ4v) is 5.96. The van der Waals surface area contributed by atoms with Crippen LogP contribution >= 0.6 is 11.6 Å². The Hall–Kier alpha value is -1.11. The van der Waals surface area contributed by atoms with Gasteiger partial charge in [-0.2, -0.15) is 0 Å². The molecule has 1 amide bonds. The lowest BCUT2D eigenvalue weighted by molar-refractivity contribution is -0.126. The molecule has 1 aliphatic carbocycles. The number of nitrogens with zero attached hydrogens (tertiary/aromatic N) is 1. The van der Waals surface area contributed by atoms with Crippen LogP contribution < -0.4 is 5.32 Å². The van der Waals surface area contributed by atoms with E-state index in [1.54, 1.807) is 24.3 Å². The molecule has 1 N–H and O–H groups in total. The molecule has 1 aromatic carbocycles. The number of carbonyl (C=O) groups excluding carboxylic acids is 1. The van der Waals surface area contributed by atoms with Crippen LogP contribution in [0.25, 0.3) is 0 Å². The van der Waals surface area contributed by atoms with Crippen molar-refractivity contribution in [2.24, 2.45) is 11.8 Å². The summed E-state index contributed by atoms with van der Waals surface area (Å²) in [5.74, 6) is 0.522. The summed E-state index contributed by atoms with van der Waals surface area (Å²) in [6.45, 7) is 1.56. The Labute approximate surface area is 167 Å². The Morgan fingerprint density at radius 3 is 2.41 bits per heavy atom. The summed E-state index contributed by atoms with van der Waals surface area (Å²) in [7, 11) is -3.42. The monoisotopic (exact) mass is 412 g/mol. The standard InChI is InChI=1S/C20H29ClN2O3S/c21-19-9-5-4-8-18(19)15-27(25,26)23-12-10-17(11-13-23)20(24)22-14-16-6-2-1-3-7-16/h4-5,8-9,16-17H,1-3,6-7,10-15H2,(H,22,24). The zero-order valence-corrected chi connectivity index (χ0v) is 17.3. The Morgan fingerprint density at radius 1 is 1.07 bits per heavy atom. The van der Waals surface area contributed by atoms with Crippen LogP contribution in [0.5, 0.6) is 0 Å². The summed E-state index contributed by atoms with van der Waals surface area (Å²) in [6.07, 6.45) is 7.42. The van der Waals surface area contributed by atoms with E-state index < -0.39 is 10.0 Å². The van der Waals surface area contributed by atoms with E-state index in [9.17, 15) is 13.2 Å². The second-order valence-electron chi connectivity index (χ2n) is 7.77. The van der Waals surface area contributed by atoms with Crippen LogP contribution in [0, 0.1) is 11.8 Å². The summed E-state index contributed by atoms with van der Waals surface area (Å²) >= 11 is 6.10. The van der Waals surface area contributed by atoms with Gasteiger partial charge in [-0.15, -0.1) is 0 Å². The van der Waals surface area contributed by atoms with Gasteiger partial charge in [-0.05, 0) is 43.2 Å². The lowest BCUT2D eigenvalue weighted by Crippen LogP contribution is -2.44. The highest BCUT2D eigenvalue weighted by Crippen LogP contribution is 2.25. The zero-order chi connectivity index (χ0) is 19.3. The van der Waals surface area contributed by atoms with Crippen LogP contribution in [-0.4, -0.2) is 38.3 Å². The summed E-state index contributed by atoms with van der Waals surface area (Å²) in [5, 5.41) is 3.57. The molecule has 27 heavy (non-hydrogen) atoms. The van der Waals surface area contributed by atoms with Gasteiger partial charge < -0.3 is 5.32 Å². The first-order chi connectivity index (χ1) is 13.0. The molecule has 1 aromatic rings. The molecule has 0 atom stereocenters. The van der Waals surface area contributed by atoms with Gasteiger partial charge in [0.2, 0.25) is 15.9 Å². The van der Waals surface area contributed by atoms with Gasteiger partial charge in [0, 0.05) is 30.6 Å². The van der Waals surface area contributed by atoms with Gasteiger partial charge in [0.1, 0.15) is 0 Å². The molecule has 0 aromatic heterocycles. The minimum absolute atomic E-state index is 0.0830. The molecule has 1 saturated carbocycles. The van der Waals surface area contributed by atoms with Gasteiger partial charge in [-0.1, -0.05) is 49.1 Å². The summed E-state index contributed by atoms with van der Waals surface area (Å²) in [5.41, 5.74) is 0.617. The Morgan fingerprint density at radius 2 is 1.74 bits per heavy atom. The van der Waals surface area contributed by atoms with E-state index in [0.717, 1.165) is 6.54 Å². The smallest absolute Gasteiger partial charge is 0.223 e. The summed E-state index contributed by atoms with van der Waals surface area (Å²) in [4.78, 5) is 12.4. The minimum atomic E-state index is -3.42. The third-order valence-electron chi connectivity index (χ3n) is 5.80. The maximum absolute atomic E-state index is 12.7. The normalized spacial score (nSPS) is 20.5. The number of amides is 1. The highest BCUT2D eigenvalue weighted by atomic mass is 35.5. The van der Waals surface area contributed by atoms with Crippen LogP contribution in [0.4, 0.5) is 0 Å². The maximum Gasteiger partial charge on any atom is 0.223 e. The summed E-state index contributed by atoms with van der Waals surface area (Å²) in [6, 6.07) is 7.02. The van der Waals surface area contributed by atoms with E-state index in [-0.39, 0.29) is 17.6 Å². The quantitative estimate of drug-likeness (QED) is 0.776. The highest BCUT2D eigenvalue weighted by Gasteiger charge is 2.31. The third-order valence-corrected chi connectivity index (χ3v) is 8.00. The van der Waals surface area contributed by atoms with Crippen molar-refractivity contribution in [2.45, 2.75) is 50.7 Å². The van der Waals surface area contributed by atoms with Crippen molar-refractivity contribution in [3.05, 3.63) is 34.9 Å². The largest absolute Gasteiger partial charge is 0.356 e. The van der Waals surface area contributed by atoms with Crippen LogP contribution in [-0.2, 0) is 20.6 Å². The highest BCUT2D eigenvalue weighted by molar-refractivity contribution is 7.88. The molecule has 5 nitrogen and oxygen atoms in total. The van der Waals surface area contributed by atoms with Gasteiger partial charge in [0.05, 0.1) is 5.75 Å². The molecule has 0 radical (unpaired) electrons. The fourth-order valence-electron chi connectivity index (χ4n) is 4.08. The Balaban J connectivity index is 1.47. The second kappa shape index (κ2) is 9.39. The molecule has 2 fully saturated rings. The van der Waals surface area contributed by atoms with E-state index in [1.165, 1.54) is 36.4 Å². The predicted molar refractivity (Wildman–Crippen MR) is 108 cm³/mol. The van der Waals surface area contributed by atoms with Gasteiger partial charge >= 0.3 is 0 Å². The maximum atomic E-state index is 12.7. The minimum Gasteiger partial charge on any atom is -0.356 e. The average Bonchev–Trinajstić information content (AvgIpc) is 2.69. The predicted octanol–water partition coefficient (Wildman–Crippen LogP) is 3.58. The number of carbonyl (C=O) groups is 1. The molecule has 1 heterocycles. The first kappa shape index (κ1) is 20.6. The van der Waals surface area contributed by atoms with E-state index in [0.29, 0.717) is 42.4 Å². The van der Waals surface area contributed by atoms with Crippen LogP contribution in [0.2, 0.25) is 5.02 Å². The topological polar surface area (TPSA) is 66.5 Å². The van der Waals surface area contributed by atoms with Crippen molar-refractivity contribution in [3.63, 3.8) is 0 Å². The SMILES string of the molecule is O=C(NCC1CCCCC1)C1CCN(S(=O)(=O)Cc2ccccc2Cl)CC1. The molecule has 0 spiro atoms. The zero-order valence-electron chi connectivity index (χ0n) is 15.7. The number of sulfonamides is 1. The molecule has 3 rings (SSSR count). The molecule has 7 heteroatoms. The number of rotatable bonds is 6. The van der Waals surface area contributed by atoms with Crippen molar-refractivity contribution < 1.29 is 13.2 Å². The fraction of sp³-hybridized carbons (Fsp3) is 0.650. The first-order valence-corrected chi connectivity index (χ1v) is 11.9. The molecule has 2 aliphatic rings. The van der Waals surface area contributed by atoms with Gasteiger partial charge in [-0.25, -0.2) is 12.7 Å². The lowest BCUT2D eigenvalue weighted by atomic mass is 9.89. The Kier molecular flexibility index (Phi) is 7.17. The third kappa shape index (κ3) is 5.69. The van der Waals surface area contributed by atoms with Gasteiger partial charge in [-0.3, -0.25) is 4.79 Å². The number of benzene rings is 1. The van der Waals surface area contributed by atoms with E-state index >= 15 is 0 Å².